The minimum absolute atomic E-state index is 0.0361. The molecule has 100 valence electrons. The minimum atomic E-state index is -0.532. The van der Waals surface area contributed by atoms with Crippen molar-refractivity contribution in [1.29, 1.82) is 0 Å². The number of amides is 1. The lowest BCUT2D eigenvalue weighted by atomic mass is 10.2. The van der Waals surface area contributed by atoms with Crippen LogP contribution in [0.25, 0.3) is 0 Å². The van der Waals surface area contributed by atoms with Crippen molar-refractivity contribution in [2.75, 3.05) is 6.54 Å². The maximum absolute atomic E-state index is 13.4. The van der Waals surface area contributed by atoms with Crippen molar-refractivity contribution >= 4 is 21.8 Å². The van der Waals surface area contributed by atoms with Crippen molar-refractivity contribution in [3.8, 4) is 0 Å². The third-order valence-electron chi connectivity index (χ3n) is 2.51. The van der Waals surface area contributed by atoms with Crippen molar-refractivity contribution in [3.05, 3.63) is 46.2 Å². The van der Waals surface area contributed by atoms with Crippen LogP contribution >= 0.6 is 15.9 Å². The predicted molar refractivity (Wildman–Crippen MR) is 71.1 cm³/mol. The van der Waals surface area contributed by atoms with Crippen LogP contribution in [0.3, 0.4) is 0 Å². The molecule has 0 atom stereocenters. The van der Waals surface area contributed by atoms with Gasteiger partial charge in [0, 0.05) is 17.4 Å². The Morgan fingerprint density at radius 1 is 1.47 bits per heavy atom. The van der Waals surface area contributed by atoms with E-state index < -0.39 is 11.7 Å². The van der Waals surface area contributed by atoms with Crippen LogP contribution in [-0.4, -0.2) is 27.6 Å². The number of nitrogens with zero attached hydrogens (tertiary/aromatic N) is 2. The summed E-state index contributed by atoms with van der Waals surface area (Å²) in [5, 5.41) is 9.13. The molecule has 0 saturated carbocycles. The minimum Gasteiger partial charge on any atom is -0.352 e. The highest BCUT2D eigenvalue weighted by molar-refractivity contribution is 9.10. The number of halogens is 2. The van der Waals surface area contributed by atoms with Gasteiger partial charge in [-0.15, -0.1) is 0 Å². The topological polar surface area (TPSA) is 70.7 Å². The van der Waals surface area contributed by atoms with Crippen LogP contribution in [0.15, 0.2) is 29.0 Å². The molecule has 2 N–H and O–H groups in total. The van der Waals surface area contributed by atoms with E-state index in [2.05, 4.69) is 36.4 Å². The first-order chi connectivity index (χ1) is 9.16. The highest BCUT2D eigenvalue weighted by Crippen LogP contribution is 2.15. The molecule has 7 heteroatoms. The van der Waals surface area contributed by atoms with E-state index in [1.54, 1.807) is 6.07 Å². The normalized spacial score (nSPS) is 10.4. The molecule has 0 bridgehead atoms. The number of nitrogens with one attached hydrogen (secondary N) is 2. The van der Waals surface area contributed by atoms with Gasteiger partial charge in [0.05, 0.1) is 5.56 Å². The molecule has 0 aliphatic heterocycles. The molecule has 0 unspecified atom stereocenters. The van der Waals surface area contributed by atoms with E-state index in [1.165, 1.54) is 18.5 Å². The molecule has 19 heavy (non-hydrogen) atoms. The smallest absolute Gasteiger partial charge is 0.254 e. The predicted octanol–water partition coefficient (Wildman–Crippen LogP) is 2.07. The number of carbonyl (C=O) groups excluding carboxylic acids is 1. The molecule has 1 aromatic heterocycles. The molecule has 1 amide bonds. The van der Waals surface area contributed by atoms with Crippen LogP contribution in [0.5, 0.6) is 0 Å². The Morgan fingerprint density at radius 3 is 3.05 bits per heavy atom. The molecule has 1 heterocycles. The van der Waals surface area contributed by atoms with Crippen molar-refractivity contribution < 1.29 is 9.18 Å². The van der Waals surface area contributed by atoms with E-state index in [1.807, 2.05) is 0 Å². The Morgan fingerprint density at radius 2 is 2.32 bits per heavy atom. The fourth-order valence-corrected chi connectivity index (χ4v) is 1.94. The number of rotatable bonds is 5. The second kappa shape index (κ2) is 6.42. The highest BCUT2D eigenvalue weighted by atomic mass is 79.9. The average Bonchev–Trinajstić information content (AvgIpc) is 2.90. The summed E-state index contributed by atoms with van der Waals surface area (Å²) in [6.45, 7) is 0.450. The summed E-state index contributed by atoms with van der Waals surface area (Å²) < 4.78 is 14.1. The SMILES string of the molecule is O=C(NCCCc1ncn[nH]1)c1cc(Br)ccc1F. The van der Waals surface area contributed by atoms with Crippen molar-refractivity contribution in [3.63, 3.8) is 0 Å². The van der Waals surface area contributed by atoms with E-state index in [0.717, 1.165) is 5.82 Å². The van der Waals surface area contributed by atoms with Crippen LogP contribution in [0.4, 0.5) is 4.39 Å². The number of aromatic nitrogens is 3. The molecular formula is C12H12BrFN4O. The van der Waals surface area contributed by atoms with Crippen molar-refractivity contribution in [1.82, 2.24) is 20.5 Å². The van der Waals surface area contributed by atoms with Gasteiger partial charge in [0.15, 0.2) is 0 Å². The van der Waals surface area contributed by atoms with E-state index in [9.17, 15) is 9.18 Å². The fourth-order valence-electron chi connectivity index (χ4n) is 1.58. The molecule has 2 aromatic rings. The Hall–Kier alpha value is -1.76. The van der Waals surface area contributed by atoms with Gasteiger partial charge in [0.2, 0.25) is 0 Å². The molecule has 0 aliphatic rings. The summed E-state index contributed by atoms with van der Waals surface area (Å²) in [6.07, 6.45) is 2.82. The van der Waals surface area contributed by atoms with Gasteiger partial charge in [0.1, 0.15) is 18.0 Å². The first-order valence-electron chi connectivity index (χ1n) is 5.74. The zero-order valence-electron chi connectivity index (χ0n) is 9.99. The Balaban J connectivity index is 1.82. The summed E-state index contributed by atoms with van der Waals surface area (Å²) in [4.78, 5) is 15.7. The summed E-state index contributed by atoms with van der Waals surface area (Å²) >= 11 is 3.21. The lowest BCUT2D eigenvalue weighted by Crippen LogP contribution is -2.25. The quantitative estimate of drug-likeness (QED) is 0.826. The van der Waals surface area contributed by atoms with Crippen LogP contribution in [0, 0.1) is 5.82 Å². The molecule has 0 aliphatic carbocycles. The average molecular weight is 327 g/mol. The van der Waals surface area contributed by atoms with Crippen molar-refractivity contribution in [2.24, 2.45) is 0 Å². The lowest BCUT2D eigenvalue weighted by Gasteiger charge is -2.06. The second-order valence-electron chi connectivity index (χ2n) is 3.92. The first-order valence-corrected chi connectivity index (χ1v) is 6.53. The van der Waals surface area contributed by atoms with Crippen LogP contribution in [-0.2, 0) is 6.42 Å². The van der Waals surface area contributed by atoms with E-state index in [4.69, 9.17) is 0 Å². The Labute approximate surface area is 117 Å². The van der Waals surface area contributed by atoms with Gasteiger partial charge < -0.3 is 5.32 Å². The maximum Gasteiger partial charge on any atom is 0.254 e. The highest BCUT2D eigenvalue weighted by Gasteiger charge is 2.11. The van der Waals surface area contributed by atoms with Crippen LogP contribution in [0.2, 0.25) is 0 Å². The zero-order valence-corrected chi connectivity index (χ0v) is 11.6. The summed E-state index contributed by atoms with van der Waals surface area (Å²) in [6, 6.07) is 4.27. The van der Waals surface area contributed by atoms with Crippen LogP contribution < -0.4 is 5.32 Å². The van der Waals surface area contributed by atoms with E-state index in [0.29, 0.717) is 23.9 Å². The molecule has 0 spiro atoms. The Kier molecular flexibility index (Phi) is 4.62. The number of benzene rings is 1. The maximum atomic E-state index is 13.4. The summed E-state index contributed by atoms with van der Waals surface area (Å²) in [7, 11) is 0. The molecule has 0 saturated heterocycles. The van der Waals surface area contributed by atoms with E-state index >= 15 is 0 Å². The number of aromatic amines is 1. The third kappa shape index (κ3) is 3.85. The Bertz CT molecular complexity index is 559. The molecule has 0 radical (unpaired) electrons. The molecule has 1 aromatic carbocycles. The number of hydrogen-bond donors (Lipinski definition) is 2. The first kappa shape index (κ1) is 13.7. The summed E-state index contributed by atoms with van der Waals surface area (Å²) in [5.74, 6) is -0.185. The summed E-state index contributed by atoms with van der Waals surface area (Å²) in [5.41, 5.74) is 0.0361. The zero-order chi connectivity index (χ0) is 13.7. The number of hydrogen-bond acceptors (Lipinski definition) is 3. The second-order valence-corrected chi connectivity index (χ2v) is 4.83. The number of H-pyrrole nitrogens is 1. The van der Waals surface area contributed by atoms with E-state index in [-0.39, 0.29) is 5.56 Å². The number of carbonyl (C=O) groups is 1. The number of aryl methyl sites for hydroxylation is 1. The standard InChI is InChI=1S/C12H12BrFN4O/c13-8-3-4-10(14)9(6-8)12(19)15-5-1-2-11-16-7-17-18-11/h3-4,6-7H,1-2,5H2,(H,15,19)(H,16,17,18). The largest absolute Gasteiger partial charge is 0.352 e. The van der Waals surface area contributed by atoms with Gasteiger partial charge in [-0.2, -0.15) is 5.10 Å². The van der Waals surface area contributed by atoms with Gasteiger partial charge in [-0.25, -0.2) is 9.37 Å². The molecular weight excluding hydrogens is 315 g/mol. The molecule has 0 fully saturated rings. The lowest BCUT2D eigenvalue weighted by molar-refractivity contribution is 0.0949. The monoisotopic (exact) mass is 326 g/mol. The van der Waals surface area contributed by atoms with Gasteiger partial charge in [-0.1, -0.05) is 15.9 Å². The van der Waals surface area contributed by atoms with Gasteiger partial charge >= 0.3 is 0 Å². The molecule has 5 nitrogen and oxygen atoms in total. The van der Waals surface area contributed by atoms with Gasteiger partial charge in [-0.05, 0) is 24.6 Å². The van der Waals surface area contributed by atoms with Crippen LogP contribution in [0.1, 0.15) is 22.6 Å². The van der Waals surface area contributed by atoms with Gasteiger partial charge in [-0.3, -0.25) is 9.89 Å². The third-order valence-corrected chi connectivity index (χ3v) is 3.01. The van der Waals surface area contributed by atoms with Gasteiger partial charge in [0.25, 0.3) is 5.91 Å². The fraction of sp³-hybridized carbons (Fsp3) is 0.250. The molecule has 2 rings (SSSR count). The van der Waals surface area contributed by atoms with Crippen molar-refractivity contribution in [2.45, 2.75) is 12.8 Å².